The van der Waals surface area contributed by atoms with Crippen LogP contribution in [0.5, 0.6) is 0 Å². The predicted molar refractivity (Wildman–Crippen MR) is 103 cm³/mol. The van der Waals surface area contributed by atoms with Crippen molar-refractivity contribution in [2.45, 2.75) is 12.4 Å². The third-order valence-corrected chi connectivity index (χ3v) is 4.26. The van der Waals surface area contributed by atoms with Gasteiger partial charge in [-0.05, 0) is 42.5 Å². The number of alkyl halides is 6. The molecule has 1 aromatic heterocycles. The Labute approximate surface area is 181 Å². The summed E-state index contributed by atoms with van der Waals surface area (Å²) in [5, 5.41) is 11.1. The monoisotopic (exact) mass is 468 g/mol. The van der Waals surface area contributed by atoms with Gasteiger partial charge in [0.25, 0.3) is 5.91 Å². The number of nitriles is 1. The highest BCUT2D eigenvalue weighted by Crippen LogP contribution is 2.37. The molecule has 2 aromatic carbocycles. The lowest BCUT2D eigenvalue weighted by Crippen LogP contribution is -2.16. The summed E-state index contributed by atoms with van der Waals surface area (Å²) in [5.41, 5.74) is -4.64. The number of carbonyl (C=O) groups excluding carboxylic acids is 1. The van der Waals surface area contributed by atoms with Gasteiger partial charge in [0, 0.05) is 11.8 Å². The van der Waals surface area contributed by atoms with Crippen LogP contribution in [0.3, 0.4) is 0 Å². The molecule has 0 saturated heterocycles. The highest BCUT2D eigenvalue weighted by atomic mass is 19.4. The molecule has 1 heterocycles. The summed E-state index contributed by atoms with van der Waals surface area (Å²) >= 11 is 0. The quantitative estimate of drug-likeness (QED) is 0.264. The van der Waals surface area contributed by atoms with Crippen molar-refractivity contribution < 1.29 is 39.9 Å². The topological polar surface area (TPSA) is 66.0 Å². The van der Waals surface area contributed by atoms with Crippen molar-refractivity contribution in [3.05, 3.63) is 82.9 Å². The van der Waals surface area contributed by atoms with E-state index < -0.39 is 46.5 Å². The van der Waals surface area contributed by atoms with Crippen molar-refractivity contribution in [3.63, 3.8) is 0 Å². The summed E-state index contributed by atoms with van der Waals surface area (Å²) < 4.78 is 97.1. The van der Waals surface area contributed by atoms with E-state index in [9.17, 15) is 40.8 Å². The average Bonchev–Trinajstić information content (AvgIpc) is 3.19. The molecule has 170 valence electrons. The predicted octanol–water partition coefficient (Wildman–Crippen LogP) is 6.67. The summed E-state index contributed by atoms with van der Waals surface area (Å²) in [6, 6.07) is 10.3. The smallest absolute Gasteiger partial charge is 0.416 e. The van der Waals surface area contributed by atoms with Gasteiger partial charge in [-0.1, -0.05) is 12.1 Å². The first kappa shape index (κ1) is 23.6. The minimum atomic E-state index is -5.11. The van der Waals surface area contributed by atoms with Crippen LogP contribution in [-0.4, -0.2) is 5.91 Å². The van der Waals surface area contributed by atoms with E-state index >= 15 is 0 Å². The molecule has 0 bridgehead atoms. The summed E-state index contributed by atoms with van der Waals surface area (Å²) in [7, 11) is 0. The molecule has 0 fully saturated rings. The van der Waals surface area contributed by atoms with Crippen molar-refractivity contribution in [2.24, 2.45) is 0 Å². The molecule has 3 aromatic rings. The van der Waals surface area contributed by atoms with Crippen LogP contribution in [0.1, 0.15) is 16.9 Å². The highest BCUT2D eigenvalue weighted by Gasteiger charge is 2.37. The molecular weight excluding hydrogens is 457 g/mol. The minimum absolute atomic E-state index is 0.0695. The summed E-state index contributed by atoms with van der Waals surface area (Å²) in [6.07, 6.45) is -9.30. The lowest BCUT2D eigenvalue weighted by Gasteiger charge is -2.14. The molecule has 0 unspecified atom stereocenters. The Morgan fingerprint density at radius 1 is 0.939 bits per heavy atom. The number of halogens is 7. The SMILES string of the molecule is N#C/C(=C\c1ccc(-c2ccccc2F)o1)C(=O)Nc1cc(C(F)(F)F)cc(C(F)(F)F)c1. The summed E-state index contributed by atoms with van der Waals surface area (Å²) in [6.45, 7) is 0. The number of amides is 1. The Hall–Kier alpha value is -4.07. The maximum atomic E-state index is 13.9. The number of hydrogen-bond donors (Lipinski definition) is 1. The van der Waals surface area contributed by atoms with Gasteiger partial charge in [-0.2, -0.15) is 31.6 Å². The van der Waals surface area contributed by atoms with Crippen molar-refractivity contribution in [2.75, 3.05) is 5.32 Å². The van der Waals surface area contributed by atoms with Gasteiger partial charge in [-0.3, -0.25) is 4.79 Å². The van der Waals surface area contributed by atoms with E-state index in [4.69, 9.17) is 4.42 Å². The zero-order valence-electron chi connectivity index (χ0n) is 16.2. The number of nitrogens with one attached hydrogen (secondary N) is 1. The molecule has 0 aliphatic heterocycles. The summed E-state index contributed by atoms with van der Waals surface area (Å²) in [5.74, 6) is -1.86. The van der Waals surface area contributed by atoms with E-state index in [0.717, 1.165) is 6.08 Å². The molecule has 4 nitrogen and oxygen atoms in total. The fourth-order valence-electron chi connectivity index (χ4n) is 2.75. The first-order valence-corrected chi connectivity index (χ1v) is 8.96. The number of hydrogen-bond acceptors (Lipinski definition) is 3. The number of carbonyl (C=O) groups is 1. The first-order valence-electron chi connectivity index (χ1n) is 8.96. The fourth-order valence-corrected chi connectivity index (χ4v) is 2.75. The second-order valence-corrected chi connectivity index (χ2v) is 6.60. The second-order valence-electron chi connectivity index (χ2n) is 6.60. The molecule has 0 aliphatic carbocycles. The third kappa shape index (κ3) is 5.60. The number of benzene rings is 2. The van der Waals surface area contributed by atoms with E-state index in [1.807, 2.05) is 5.32 Å². The Morgan fingerprint density at radius 2 is 1.55 bits per heavy atom. The van der Waals surface area contributed by atoms with Crippen LogP contribution in [0.2, 0.25) is 0 Å². The van der Waals surface area contributed by atoms with Crippen LogP contribution in [0, 0.1) is 17.1 Å². The van der Waals surface area contributed by atoms with Crippen LogP contribution in [-0.2, 0) is 17.1 Å². The Kier molecular flexibility index (Phi) is 6.30. The Bertz CT molecular complexity index is 1230. The van der Waals surface area contributed by atoms with Crippen molar-refractivity contribution in [3.8, 4) is 17.4 Å². The van der Waals surface area contributed by atoms with Crippen LogP contribution in [0.15, 0.2) is 64.6 Å². The summed E-state index contributed by atoms with van der Waals surface area (Å²) in [4.78, 5) is 12.3. The van der Waals surface area contributed by atoms with Crippen molar-refractivity contribution in [1.82, 2.24) is 0 Å². The molecule has 0 saturated carbocycles. The van der Waals surface area contributed by atoms with E-state index in [1.54, 1.807) is 6.07 Å². The van der Waals surface area contributed by atoms with Crippen LogP contribution >= 0.6 is 0 Å². The van der Waals surface area contributed by atoms with Gasteiger partial charge in [-0.15, -0.1) is 0 Å². The molecule has 1 amide bonds. The Balaban J connectivity index is 1.90. The zero-order chi connectivity index (χ0) is 24.4. The van der Waals surface area contributed by atoms with Crippen LogP contribution in [0.4, 0.5) is 36.4 Å². The molecule has 0 aliphatic rings. The minimum Gasteiger partial charge on any atom is -0.457 e. The molecule has 0 spiro atoms. The number of anilines is 1. The second kappa shape index (κ2) is 8.82. The van der Waals surface area contributed by atoms with E-state index in [0.29, 0.717) is 12.1 Å². The van der Waals surface area contributed by atoms with Gasteiger partial charge in [0.15, 0.2) is 0 Å². The van der Waals surface area contributed by atoms with Gasteiger partial charge in [0.2, 0.25) is 0 Å². The third-order valence-electron chi connectivity index (χ3n) is 4.26. The van der Waals surface area contributed by atoms with Gasteiger partial charge in [-0.25, -0.2) is 4.39 Å². The van der Waals surface area contributed by atoms with E-state index in [-0.39, 0.29) is 23.2 Å². The van der Waals surface area contributed by atoms with Gasteiger partial charge in [0.1, 0.15) is 29.0 Å². The molecule has 1 N–H and O–H groups in total. The average molecular weight is 468 g/mol. The van der Waals surface area contributed by atoms with Crippen molar-refractivity contribution in [1.29, 1.82) is 5.26 Å². The van der Waals surface area contributed by atoms with Crippen LogP contribution in [0.25, 0.3) is 17.4 Å². The van der Waals surface area contributed by atoms with E-state index in [1.165, 1.54) is 36.4 Å². The van der Waals surface area contributed by atoms with E-state index in [2.05, 4.69) is 0 Å². The highest BCUT2D eigenvalue weighted by molar-refractivity contribution is 6.09. The first-order chi connectivity index (χ1) is 15.4. The normalized spacial score (nSPS) is 12.4. The van der Waals surface area contributed by atoms with Gasteiger partial charge < -0.3 is 9.73 Å². The maximum absolute atomic E-state index is 13.9. The number of furan rings is 1. The lowest BCUT2D eigenvalue weighted by molar-refractivity contribution is -0.143. The van der Waals surface area contributed by atoms with Gasteiger partial charge in [0.05, 0.1) is 16.7 Å². The molecule has 0 atom stereocenters. The number of rotatable bonds is 4. The maximum Gasteiger partial charge on any atom is 0.416 e. The lowest BCUT2D eigenvalue weighted by atomic mass is 10.1. The fraction of sp³-hybridized carbons (Fsp3) is 0.0909. The standard InChI is InChI=1S/C22H11F7N2O2/c23-18-4-2-1-3-17(18)19-6-5-16(33-19)7-12(11-30)20(32)31-15-9-13(21(24,25)26)8-14(10-15)22(27,28)29/h1-10H,(H,31,32)/b12-7+. The largest absolute Gasteiger partial charge is 0.457 e. The molecule has 0 radical (unpaired) electrons. The molecule has 11 heteroatoms. The zero-order valence-corrected chi connectivity index (χ0v) is 16.2. The molecule has 3 rings (SSSR count). The van der Waals surface area contributed by atoms with Gasteiger partial charge >= 0.3 is 12.4 Å². The Morgan fingerprint density at radius 3 is 2.09 bits per heavy atom. The molecule has 33 heavy (non-hydrogen) atoms. The molecular formula is C22H11F7N2O2. The van der Waals surface area contributed by atoms with Crippen molar-refractivity contribution >= 4 is 17.7 Å². The van der Waals surface area contributed by atoms with Crippen LogP contribution < -0.4 is 5.32 Å². The number of nitrogens with zero attached hydrogens (tertiary/aromatic N) is 1.